The van der Waals surface area contributed by atoms with E-state index in [0.717, 1.165) is 11.6 Å². The van der Waals surface area contributed by atoms with Gasteiger partial charge < -0.3 is 15.3 Å². The van der Waals surface area contributed by atoms with E-state index < -0.39 is 29.6 Å². The predicted octanol–water partition coefficient (Wildman–Crippen LogP) is 2.53. The molecule has 0 saturated heterocycles. The minimum atomic E-state index is -1.14. The molecule has 2 N–H and O–H groups in total. The van der Waals surface area contributed by atoms with E-state index in [1.807, 2.05) is 6.07 Å². The maximum absolute atomic E-state index is 14.2. The molecule has 7 heteroatoms. The summed E-state index contributed by atoms with van der Waals surface area (Å²) in [6.45, 7) is 0.257. The van der Waals surface area contributed by atoms with Crippen LogP contribution >= 0.6 is 0 Å². The van der Waals surface area contributed by atoms with Gasteiger partial charge in [0.15, 0.2) is 0 Å². The quantitative estimate of drug-likeness (QED) is 0.815. The summed E-state index contributed by atoms with van der Waals surface area (Å²) < 4.78 is 27.6. The van der Waals surface area contributed by atoms with Crippen molar-refractivity contribution in [2.45, 2.75) is 25.3 Å². The first-order chi connectivity index (χ1) is 12.9. The first-order valence-corrected chi connectivity index (χ1v) is 8.73. The zero-order chi connectivity index (χ0) is 19.4. The number of carbonyl (C=O) groups excluding carboxylic acids is 1. The van der Waals surface area contributed by atoms with Gasteiger partial charge in [-0.2, -0.15) is 0 Å². The smallest absolute Gasteiger partial charge is 0.326 e. The summed E-state index contributed by atoms with van der Waals surface area (Å²) in [4.78, 5) is 25.4. The number of carboxylic acid groups (broad SMARTS) is 1. The van der Waals surface area contributed by atoms with E-state index in [2.05, 4.69) is 5.32 Å². The Labute approximate surface area is 155 Å². The number of carbonyl (C=O) groups is 2. The summed E-state index contributed by atoms with van der Waals surface area (Å²) >= 11 is 0. The lowest BCUT2D eigenvalue weighted by atomic mass is 10.0. The number of hydrogen-bond donors (Lipinski definition) is 2. The molecule has 3 rings (SSSR count). The monoisotopic (exact) mass is 374 g/mol. The zero-order valence-electron chi connectivity index (χ0n) is 14.6. The van der Waals surface area contributed by atoms with Crippen molar-refractivity contribution >= 4 is 17.6 Å². The Hall–Kier alpha value is -2.96. The molecule has 0 saturated carbocycles. The van der Waals surface area contributed by atoms with Crippen molar-refractivity contribution < 1.29 is 23.5 Å². The normalized spacial score (nSPS) is 14.4. The molecule has 5 nitrogen and oxygen atoms in total. The number of fused-ring (bicyclic) bond motifs is 1. The molecular weight excluding hydrogens is 354 g/mol. The fourth-order valence-electron chi connectivity index (χ4n) is 3.36. The summed E-state index contributed by atoms with van der Waals surface area (Å²) in [6.07, 6.45) is 1.35. The van der Waals surface area contributed by atoms with E-state index in [0.29, 0.717) is 24.9 Å². The maximum Gasteiger partial charge on any atom is 0.326 e. The summed E-state index contributed by atoms with van der Waals surface area (Å²) in [5, 5.41) is 11.9. The van der Waals surface area contributed by atoms with Crippen molar-refractivity contribution in [2.75, 3.05) is 18.0 Å². The van der Waals surface area contributed by atoms with Crippen LogP contribution in [0.2, 0.25) is 0 Å². The van der Waals surface area contributed by atoms with Crippen molar-refractivity contribution in [3.63, 3.8) is 0 Å². The lowest BCUT2D eigenvalue weighted by Gasteiger charge is -2.31. The van der Waals surface area contributed by atoms with Crippen molar-refractivity contribution in [3.8, 4) is 0 Å². The van der Waals surface area contributed by atoms with Crippen molar-refractivity contribution in [3.05, 3.63) is 65.2 Å². The molecule has 0 radical (unpaired) electrons. The Morgan fingerprint density at radius 3 is 2.63 bits per heavy atom. The van der Waals surface area contributed by atoms with Gasteiger partial charge in [-0.1, -0.05) is 30.3 Å². The highest BCUT2D eigenvalue weighted by Crippen LogP contribution is 2.30. The number of nitrogens with zero attached hydrogens (tertiary/aromatic N) is 1. The number of aryl methyl sites for hydroxylation is 1. The number of amides is 1. The molecule has 2 aromatic rings. The van der Waals surface area contributed by atoms with Gasteiger partial charge in [-0.05, 0) is 30.0 Å². The number of nitrogens with one attached hydrogen (secondary N) is 1. The Balaban J connectivity index is 1.69. The van der Waals surface area contributed by atoms with E-state index >= 15 is 0 Å². The average molecular weight is 374 g/mol. The number of hydrogen-bond acceptors (Lipinski definition) is 3. The highest BCUT2D eigenvalue weighted by Gasteiger charge is 2.26. The summed E-state index contributed by atoms with van der Waals surface area (Å²) in [6, 6.07) is 9.97. The Bertz CT molecular complexity index is 843. The summed E-state index contributed by atoms with van der Waals surface area (Å²) in [5.74, 6) is -3.02. The number of anilines is 1. The van der Waals surface area contributed by atoms with Crippen LogP contribution in [0.25, 0.3) is 0 Å². The molecule has 1 aliphatic heterocycles. The number of benzene rings is 2. The van der Waals surface area contributed by atoms with E-state index in [1.165, 1.54) is 11.0 Å². The molecule has 1 amide bonds. The van der Waals surface area contributed by atoms with Gasteiger partial charge in [-0.15, -0.1) is 0 Å². The van der Waals surface area contributed by atoms with E-state index in [1.54, 1.807) is 24.3 Å². The third-order valence-corrected chi connectivity index (χ3v) is 4.55. The largest absolute Gasteiger partial charge is 0.480 e. The van der Waals surface area contributed by atoms with Gasteiger partial charge in [0.25, 0.3) is 0 Å². The lowest BCUT2D eigenvalue weighted by molar-refractivity contribution is -0.141. The summed E-state index contributed by atoms with van der Waals surface area (Å²) in [5.41, 5.74) is 1.52. The van der Waals surface area contributed by atoms with Gasteiger partial charge in [0.2, 0.25) is 5.91 Å². The molecule has 1 aliphatic rings. The molecule has 27 heavy (non-hydrogen) atoms. The SMILES string of the molecule is O=C(CN1CCCc2cc(F)cc(F)c21)N[C@H](Cc1ccccc1)C(=O)O. The minimum absolute atomic E-state index is 0.151. The van der Waals surface area contributed by atoms with Crippen molar-refractivity contribution in [2.24, 2.45) is 0 Å². The fourth-order valence-corrected chi connectivity index (χ4v) is 3.36. The van der Waals surface area contributed by atoms with Gasteiger partial charge >= 0.3 is 5.97 Å². The van der Waals surface area contributed by atoms with Gasteiger partial charge in [-0.3, -0.25) is 4.79 Å². The first-order valence-electron chi connectivity index (χ1n) is 8.73. The molecule has 0 aromatic heterocycles. The second-order valence-corrected chi connectivity index (χ2v) is 6.57. The molecule has 0 fully saturated rings. The molecule has 142 valence electrons. The van der Waals surface area contributed by atoms with Crippen LogP contribution in [0, 0.1) is 11.6 Å². The van der Waals surface area contributed by atoms with Crippen LogP contribution in [-0.2, 0) is 22.4 Å². The molecule has 2 aromatic carbocycles. The topological polar surface area (TPSA) is 69.6 Å². The minimum Gasteiger partial charge on any atom is -0.480 e. The van der Waals surface area contributed by atoms with Gasteiger partial charge in [-0.25, -0.2) is 13.6 Å². The zero-order valence-corrected chi connectivity index (χ0v) is 14.6. The van der Waals surface area contributed by atoms with E-state index in [-0.39, 0.29) is 18.7 Å². The van der Waals surface area contributed by atoms with Gasteiger partial charge in [0, 0.05) is 19.0 Å². The third-order valence-electron chi connectivity index (χ3n) is 4.55. The Kier molecular flexibility index (Phi) is 5.69. The van der Waals surface area contributed by atoms with Crippen molar-refractivity contribution in [1.82, 2.24) is 5.32 Å². The molecule has 0 spiro atoms. The number of carboxylic acids is 1. The van der Waals surface area contributed by atoms with Crippen LogP contribution < -0.4 is 10.2 Å². The number of rotatable bonds is 6. The van der Waals surface area contributed by atoms with E-state index in [9.17, 15) is 23.5 Å². The van der Waals surface area contributed by atoms with Crippen LogP contribution in [0.5, 0.6) is 0 Å². The lowest BCUT2D eigenvalue weighted by Crippen LogP contribution is -2.47. The van der Waals surface area contributed by atoms with Crippen LogP contribution in [0.4, 0.5) is 14.5 Å². The molecule has 0 unspecified atom stereocenters. The predicted molar refractivity (Wildman–Crippen MR) is 96.6 cm³/mol. The molecule has 0 aliphatic carbocycles. The fraction of sp³-hybridized carbons (Fsp3) is 0.300. The highest BCUT2D eigenvalue weighted by molar-refractivity contribution is 5.87. The summed E-state index contributed by atoms with van der Waals surface area (Å²) in [7, 11) is 0. The number of aliphatic carboxylic acids is 1. The van der Waals surface area contributed by atoms with Crippen LogP contribution in [-0.4, -0.2) is 36.1 Å². The molecule has 0 bridgehead atoms. The second-order valence-electron chi connectivity index (χ2n) is 6.57. The first kappa shape index (κ1) is 18.8. The van der Waals surface area contributed by atoms with Crippen LogP contribution in [0.1, 0.15) is 17.5 Å². The Morgan fingerprint density at radius 2 is 1.93 bits per heavy atom. The average Bonchev–Trinajstić information content (AvgIpc) is 2.61. The van der Waals surface area contributed by atoms with Crippen molar-refractivity contribution in [1.29, 1.82) is 0 Å². The number of halogens is 2. The van der Waals surface area contributed by atoms with Crippen LogP contribution in [0.15, 0.2) is 42.5 Å². The molecular formula is C20H20F2N2O3. The maximum atomic E-state index is 14.2. The third kappa shape index (κ3) is 4.61. The second kappa shape index (κ2) is 8.16. The van der Waals surface area contributed by atoms with E-state index in [4.69, 9.17) is 0 Å². The molecule has 1 atom stereocenters. The standard InChI is InChI=1S/C20H20F2N2O3/c21-15-10-14-7-4-8-24(19(14)16(22)11-15)12-18(25)23-17(20(26)27)9-13-5-2-1-3-6-13/h1-3,5-6,10-11,17H,4,7-9,12H2,(H,23,25)(H,26,27)/t17-/m1/s1. The van der Waals surface area contributed by atoms with Gasteiger partial charge in [0.1, 0.15) is 17.7 Å². The highest BCUT2D eigenvalue weighted by atomic mass is 19.1. The van der Waals surface area contributed by atoms with Gasteiger partial charge in [0.05, 0.1) is 12.2 Å². The molecule has 1 heterocycles. The van der Waals surface area contributed by atoms with Crippen LogP contribution in [0.3, 0.4) is 0 Å². The Morgan fingerprint density at radius 1 is 1.19 bits per heavy atom.